The van der Waals surface area contributed by atoms with Gasteiger partial charge in [0.05, 0.1) is 18.9 Å². The average molecular weight is 372 g/mol. The Balaban J connectivity index is 1.63. The summed E-state index contributed by atoms with van der Waals surface area (Å²) in [6.45, 7) is 1.75. The van der Waals surface area contributed by atoms with Gasteiger partial charge in [-0.15, -0.1) is 0 Å². The minimum atomic E-state index is -0.245. The van der Waals surface area contributed by atoms with Gasteiger partial charge in [0.2, 0.25) is 0 Å². The fourth-order valence-electron chi connectivity index (χ4n) is 2.77. The topological polar surface area (TPSA) is 58.1 Å². The summed E-state index contributed by atoms with van der Waals surface area (Å²) in [7, 11) is 5.32. The van der Waals surface area contributed by atoms with Crippen LogP contribution in [0.1, 0.15) is 12.0 Å². The van der Waals surface area contributed by atoms with Gasteiger partial charge >= 0.3 is 0 Å². The first-order valence-corrected chi connectivity index (χ1v) is 8.90. The van der Waals surface area contributed by atoms with Crippen molar-refractivity contribution in [1.82, 2.24) is 5.32 Å². The van der Waals surface area contributed by atoms with E-state index >= 15 is 0 Å². The molecule has 0 spiro atoms. The average Bonchev–Trinajstić information content (AvgIpc) is 2.89. The van der Waals surface area contributed by atoms with Gasteiger partial charge in [-0.25, -0.2) is 4.39 Å². The van der Waals surface area contributed by atoms with Crippen LogP contribution in [0.5, 0.6) is 11.5 Å². The lowest BCUT2D eigenvalue weighted by molar-refractivity contribution is 0.297. The Morgan fingerprint density at radius 2 is 1.89 bits per heavy atom. The third-order valence-corrected chi connectivity index (χ3v) is 4.19. The number of ether oxygens (including phenoxy) is 2. The highest BCUT2D eigenvalue weighted by Gasteiger charge is 2.11. The number of nitrogens with one attached hydrogen (secondary N) is 2. The fraction of sp³-hybridized carbons (Fsp3) is 0.350. The number of anilines is 2. The summed E-state index contributed by atoms with van der Waals surface area (Å²) in [4.78, 5) is 5.96. The second-order valence-corrected chi connectivity index (χ2v) is 6.44. The molecule has 7 heteroatoms. The van der Waals surface area contributed by atoms with Crippen LogP contribution in [0.2, 0.25) is 0 Å². The Morgan fingerprint density at radius 3 is 2.59 bits per heavy atom. The van der Waals surface area contributed by atoms with Crippen LogP contribution in [0, 0.1) is 5.82 Å². The van der Waals surface area contributed by atoms with Crippen molar-refractivity contribution in [1.29, 1.82) is 0 Å². The number of halogens is 1. The Bertz CT molecular complexity index is 824. The molecule has 1 aliphatic rings. The Labute approximate surface area is 159 Å². The Hall–Kier alpha value is -2.96. The number of hydrogen-bond donors (Lipinski definition) is 2. The standard InChI is InChI=1S/C20H25FN4O2/c1-22-20(23-13-14-5-7-17(25(2)3)16(21)11-14)24-15-6-8-18-19(12-15)27-10-4-9-26-18/h5-8,11-12H,4,9-10,13H2,1-3H3,(H2,22,23,24). The number of aliphatic imine (C=N–C) groups is 1. The summed E-state index contributed by atoms with van der Waals surface area (Å²) >= 11 is 0. The third kappa shape index (κ3) is 4.81. The van der Waals surface area contributed by atoms with Crippen LogP contribution in [-0.4, -0.2) is 40.3 Å². The van der Waals surface area contributed by atoms with Crippen molar-refractivity contribution >= 4 is 17.3 Å². The molecule has 2 aromatic carbocycles. The lowest BCUT2D eigenvalue weighted by Crippen LogP contribution is -2.30. The van der Waals surface area contributed by atoms with E-state index in [1.807, 2.05) is 38.4 Å². The van der Waals surface area contributed by atoms with Gasteiger partial charge in [0.25, 0.3) is 0 Å². The minimum absolute atomic E-state index is 0.245. The van der Waals surface area contributed by atoms with Crippen LogP contribution in [-0.2, 0) is 6.54 Å². The summed E-state index contributed by atoms with van der Waals surface area (Å²) in [6.07, 6.45) is 0.865. The van der Waals surface area contributed by atoms with Crippen molar-refractivity contribution in [2.75, 3.05) is 44.6 Å². The van der Waals surface area contributed by atoms with Crippen LogP contribution >= 0.6 is 0 Å². The smallest absolute Gasteiger partial charge is 0.195 e. The molecule has 0 aliphatic carbocycles. The monoisotopic (exact) mass is 372 g/mol. The number of guanidine groups is 1. The third-order valence-electron chi connectivity index (χ3n) is 4.19. The molecule has 27 heavy (non-hydrogen) atoms. The van der Waals surface area contributed by atoms with Crippen LogP contribution in [0.4, 0.5) is 15.8 Å². The van der Waals surface area contributed by atoms with Crippen molar-refractivity contribution in [3.05, 3.63) is 47.8 Å². The van der Waals surface area contributed by atoms with E-state index in [0.717, 1.165) is 23.4 Å². The van der Waals surface area contributed by atoms with E-state index in [4.69, 9.17) is 9.47 Å². The molecule has 144 valence electrons. The van der Waals surface area contributed by atoms with Crippen molar-refractivity contribution in [3.63, 3.8) is 0 Å². The molecule has 0 aromatic heterocycles. The minimum Gasteiger partial charge on any atom is -0.490 e. The number of hydrogen-bond acceptors (Lipinski definition) is 4. The molecule has 1 heterocycles. The van der Waals surface area contributed by atoms with Crippen LogP contribution in [0.3, 0.4) is 0 Å². The summed E-state index contributed by atoms with van der Waals surface area (Å²) in [5.41, 5.74) is 2.23. The van der Waals surface area contributed by atoms with Gasteiger partial charge in [0.1, 0.15) is 5.82 Å². The predicted octanol–water partition coefficient (Wildman–Crippen LogP) is 3.24. The molecular formula is C20H25FN4O2. The second kappa shape index (κ2) is 8.62. The summed E-state index contributed by atoms with van der Waals surface area (Å²) in [6, 6.07) is 10.9. The Morgan fingerprint density at radius 1 is 1.11 bits per heavy atom. The van der Waals surface area contributed by atoms with E-state index in [1.54, 1.807) is 18.0 Å². The first-order chi connectivity index (χ1) is 13.1. The maximum atomic E-state index is 14.1. The highest BCUT2D eigenvalue weighted by molar-refractivity contribution is 5.93. The largest absolute Gasteiger partial charge is 0.490 e. The molecule has 0 bridgehead atoms. The normalized spacial score (nSPS) is 13.7. The van der Waals surface area contributed by atoms with E-state index in [9.17, 15) is 4.39 Å². The van der Waals surface area contributed by atoms with Gasteiger partial charge in [-0.05, 0) is 29.8 Å². The van der Waals surface area contributed by atoms with Gasteiger partial charge in [-0.3, -0.25) is 4.99 Å². The van der Waals surface area contributed by atoms with Crippen LogP contribution < -0.4 is 25.0 Å². The van der Waals surface area contributed by atoms with E-state index in [1.165, 1.54) is 6.07 Å². The molecule has 2 aromatic rings. The highest BCUT2D eigenvalue weighted by atomic mass is 19.1. The van der Waals surface area contributed by atoms with Crippen molar-refractivity contribution in [3.8, 4) is 11.5 Å². The number of benzene rings is 2. The van der Waals surface area contributed by atoms with E-state index in [2.05, 4.69) is 15.6 Å². The molecule has 0 amide bonds. The SMILES string of the molecule is CN=C(NCc1ccc(N(C)C)c(F)c1)Nc1ccc2c(c1)OCCCO2. The van der Waals surface area contributed by atoms with Crippen molar-refractivity contribution in [2.24, 2.45) is 4.99 Å². The molecule has 6 nitrogen and oxygen atoms in total. The van der Waals surface area contributed by atoms with E-state index in [0.29, 0.717) is 37.2 Å². The van der Waals surface area contributed by atoms with Gasteiger partial charge in [0, 0.05) is 45.9 Å². The maximum absolute atomic E-state index is 14.1. The molecule has 0 fully saturated rings. The first-order valence-electron chi connectivity index (χ1n) is 8.90. The van der Waals surface area contributed by atoms with Crippen LogP contribution in [0.25, 0.3) is 0 Å². The first kappa shape index (κ1) is 18.8. The van der Waals surface area contributed by atoms with Crippen molar-refractivity contribution in [2.45, 2.75) is 13.0 Å². The maximum Gasteiger partial charge on any atom is 0.195 e. The number of nitrogens with zero attached hydrogens (tertiary/aromatic N) is 2. The predicted molar refractivity (Wildman–Crippen MR) is 107 cm³/mol. The molecule has 0 saturated heterocycles. The lowest BCUT2D eigenvalue weighted by Gasteiger charge is -2.16. The van der Waals surface area contributed by atoms with Gasteiger partial charge < -0.3 is 25.0 Å². The molecule has 0 unspecified atom stereocenters. The van der Waals surface area contributed by atoms with Gasteiger partial charge in [0.15, 0.2) is 17.5 Å². The fourth-order valence-corrected chi connectivity index (χ4v) is 2.77. The Kier molecular flexibility index (Phi) is 6.01. The van der Waals surface area contributed by atoms with Crippen molar-refractivity contribution < 1.29 is 13.9 Å². The molecule has 1 aliphatic heterocycles. The van der Waals surface area contributed by atoms with E-state index < -0.39 is 0 Å². The zero-order valence-corrected chi connectivity index (χ0v) is 15.9. The summed E-state index contributed by atoms with van der Waals surface area (Å²) in [5.74, 6) is 1.80. The lowest BCUT2D eigenvalue weighted by atomic mass is 10.2. The molecule has 2 N–H and O–H groups in total. The summed E-state index contributed by atoms with van der Waals surface area (Å²) < 4.78 is 25.5. The summed E-state index contributed by atoms with van der Waals surface area (Å²) in [5, 5.41) is 6.40. The quantitative estimate of drug-likeness (QED) is 0.637. The van der Waals surface area contributed by atoms with Gasteiger partial charge in [-0.2, -0.15) is 0 Å². The van der Waals surface area contributed by atoms with Gasteiger partial charge in [-0.1, -0.05) is 6.07 Å². The van der Waals surface area contributed by atoms with Crippen LogP contribution in [0.15, 0.2) is 41.4 Å². The van der Waals surface area contributed by atoms with E-state index in [-0.39, 0.29) is 5.82 Å². The molecule has 0 atom stereocenters. The number of rotatable bonds is 4. The molecular weight excluding hydrogens is 347 g/mol. The number of fused-ring (bicyclic) bond motifs is 1. The molecule has 0 saturated carbocycles. The highest BCUT2D eigenvalue weighted by Crippen LogP contribution is 2.32. The molecule has 3 rings (SSSR count). The molecule has 0 radical (unpaired) electrons. The second-order valence-electron chi connectivity index (χ2n) is 6.44. The zero-order chi connectivity index (χ0) is 19.2. The zero-order valence-electron chi connectivity index (χ0n) is 15.9.